The van der Waals surface area contributed by atoms with E-state index in [1.54, 1.807) is 0 Å². The number of hydrogen-bond acceptors (Lipinski definition) is 4. The average Bonchev–Trinajstić information content (AvgIpc) is 2.40. The summed E-state index contributed by atoms with van der Waals surface area (Å²) in [5, 5.41) is 0. The maximum Gasteiger partial charge on any atom is 0.313 e. The van der Waals surface area contributed by atoms with Gasteiger partial charge in [0, 0.05) is 19.8 Å². The summed E-state index contributed by atoms with van der Waals surface area (Å²) in [5.74, 6) is -0.0878. The fraction of sp³-hybridized carbons (Fsp3) is 0.923. The Hall–Kier alpha value is -0.610. The highest BCUT2D eigenvalue weighted by Crippen LogP contribution is 2.32. The van der Waals surface area contributed by atoms with Crippen LogP contribution in [0.2, 0.25) is 0 Å². The molecule has 1 heterocycles. The van der Waals surface area contributed by atoms with E-state index in [0.717, 1.165) is 12.8 Å². The van der Waals surface area contributed by atoms with Crippen molar-refractivity contribution in [2.75, 3.05) is 19.8 Å². The summed E-state index contributed by atoms with van der Waals surface area (Å²) in [5.41, 5.74) is 5.31. The number of carbonyl (C=O) groups is 1. The van der Waals surface area contributed by atoms with E-state index >= 15 is 0 Å². The summed E-state index contributed by atoms with van der Waals surface area (Å²) in [6, 6.07) is 0. The molecule has 4 heteroatoms. The molecule has 0 atom stereocenters. The summed E-state index contributed by atoms with van der Waals surface area (Å²) in [6.07, 6.45) is 7.19. The van der Waals surface area contributed by atoms with E-state index in [1.807, 2.05) is 0 Å². The SMILES string of the molecule is NCC1(C(=O)OC2CCCCC2)CCOCC1. The van der Waals surface area contributed by atoms with Gasteiger partial charge in [0.1, 0.15) is 6.10 Å². The van der Waals surface area contributed by atoms with Crippen LogP contribution in [0.4, 0.5) is 0 Å². The summed E-state index contributed by atoms with van der Waals surface area (Å²) in [4.78, 5) is 12.3. The van der Waals surface area contributed by atoms with Gasteiger partial charge in [0.15, 0.2) is 0 Å². The van der Waals surface area contributed by atoms with E-state index in [-0.39, 0.29) is 12.1 Å². The van der Waals surface area contributed by atoms with Crippen LogP contribution in [-0.4, -0.2) is 31.8 Å². The summed E-state index contributed by atoms with van der Waals surface area (Å²) < 4.78 is 11.0. The van der Waals surface area contributed by atoms with Crippen LogP contribution in [0.3, 0.4) is 0 Å². The Morgan fingerprint density at radius 3 is 2.47 bits per heavy atom. The van der Waals surface area contributed by atoms with E-state index in [9.17, 15) is 4.79 Å². The number of hydrogen-bond donors (Lipinski definition) is 1. The fourth-order valence-corrected chi connectivity index (χ4v) is 2.71. The zero-order valence-corrected chi connectivity index (χ0v) is 10.5. The zero-order chi connectivity index (χ0) is 12.1. The molecule has 2 N–H and O–H groups in total. The van der Waals surface area contributed by atoms with Crippen LogP contribution in [0.1, 0.15) is 44.9 Å². The van der Waals surface area contributed by atoms with Crippen LogP contribution in [0.5, 0.6) is 0 Å². The van der Waals surface area contributed by atoms with E-state index in [2.05, 4.69) is 0 Å². The first-order valence-corrected chi connectivity index (χ1v) is 6.76. The highest BCUT2D eigenvalue weighted by molar-refractivity contribution is 5.77. The van der Waals surface area contributed by atoms with Gasteiger partial charge >= 0.3 is 5.97 Å². The van der Waals surface area contributed by atoms with E-state index in [4.69, 9.17) is 15.2 Å². The molecular weight excluding hydrogens is 218 g/mol. The van der Waals surface area contributed by atoms with Crippen molar-refractivity contribution in [3.8, 4) is 0 Å². The number of rotatable bonds is 3. The number of esters is 1. The number of carbonyl (C=O) groups excluding carboxylic acids is 1. The molecule has 4 nitrogen and oxygen atoms in total. The molecule has 2 rings (SSSR count). The van der Waals surface area contributed by atoms with Crippen molar-refractivity contribution < 1.29 is 14.3 Å². The van der Waals surface area contributed by atoms with Gasteiger partial charge in [-0.3, -0.25) is 4.79 Å². The molecule has 1 aliphatic heterocycles. The molecule has 1 saturated heterocycles. The molecule has 2 aliphatic rings. The Labute approximate surface area is 103 Å². The quantitative estimate of drug-likeness (QED) is 0.763. The second-order valence-corrected chi connectivity index (χ2v) is 5.26. The van der Waals surface area contributed by atoms with Gasteiger partial charge < -0.3 is 15.2 Å². The molecule has 0 aromatic rings. The van der Waals surface area contributed by atoms with Crippen LogP contribution in [0.15, 0.2) is 0 Å². The minimum atomic E-state index is -0.476. The topological polar surface area (TPSA) is 61.6 Å². The van der Waals surface area contributed by atoms with Crippen molar-refractivity contribution in [2.24, 2.45) is 11.1 Å². The van der Waals surface area contributed by atoms with Gasteiger partial charge in [-0.15, -0.1) is 0 Å². The molecule has 1 aliphatic carbocycles. The van der Waals surface area contributed by atoms with Gasteiger partial charge in [-0.25, -0.2) is 0 Å². The van der Waals surface area contributed by atoms with Crippen molar-refractivity contribution in [1.29, 1.82) is 0 Å². The first kappa shape index (κ1) is 12.8. The van der Waals surface area contributed by atoms with Crippen LogP contribution >= 0.6 is 0 Å². The minimum Gasteiger partial charge on any atom is -0.462 e. The molecular formula is C13H23NO3. The number of nitrogens with two attached hydrogens (primary N) is 1. The second kappa shape index (κ2) is 5.83. The Morgan fingerprint density at radius 1 is 1.24 bits per heavy atom. The molecule has 0 aromatic heterocycles. The van der Waals surface area contributed by atoms with Crippen molar-refractivity contribution in [1.82, 2.24) is 0 Å². The van der Waals surface area contributed by atoms with Crippen LogP contribution in [0, 0.1) is 5.41 Å². The van der Waals surface area contributed by atoms with E-state index in [0.29, 0.717) is 32.6 Å². The standard InChI is InChI=1S/C13H23NO3/c14-10-13(6-8-16-9-7-13)12(15)17-11-4-2-1-3-5-11/h11H,1-10,14H2. The normalized spacial score (nSPS) is 25.5. The second-order valence-electron chi connectivity index (χ2n) is 5.26. The zero-order valence-electron chi connectivity index (χ0n) is 10.5. The molecule has 2 fully saturated rings. The van der Waals surface area contributed by atoms with Crippen molar-refractivity contribution in [3.63, 3.8) is 0 Å². The van der Waals surface area contributed by atoms with Crippen molar-refractivity contribution in [3.05, 3.63) is 0 Å². The third kappa shape index (κ3) is 2.99. The van der Waals surface area contributed by atoms with Gasteiger partial charge in [0.2, 0.25) is 0 Å². The molecule has 0 spiro atoms. The summed E-state index contributed by atoms with van der Waals surface area (Å²) in [6.45, 7) is 1.62. The lowest BCUT2D eigenvalue weighted by molar-refractivity contribution is -0.168. The van der Waals surface area contributed by atoms with Gasteiger partial charge in [-0.05, 0) is 38.5 Å². The summed E-state index contributed by atoms with van der Waals surface area (Å²) >= 11 is 0. The molecule has 0 amide bonds. The van der Waals surface area contributed by atoms with Crippen LogP contribution in [-0.2, 0) is 14.3 Å². The summed E-state index contributed by atoms with van der Waals surface area (Å²) in [7, 11) is 0. The van der Waals surface area contributed by atoms with Gasteiger partial charge in [0.25, 0.3) is 0 Å². The Bertz CT molecular complexity index is 255. The number of ether oxygens (including phenoxy) is 2. The lowest BCUT2D eigenvalue weighted by Crippen LogP contribution is -2.45. The highest BCUT2D eigenvalue weighted by atomic mass is 16.5. The van der Waals surface area contributed by atoms with Crippen molar-refractivity contribution >= 4 is 5.97 Å². The third-order valence-corrected chi connectivity index (χ3v) is 4.10. The smallest absolute Gasteiger partial charge is 0.313 e. The molecule has 1 saturated carbocycles. The average molecular weight is 241 g/mol. The largest absolute Gasteiger partial charge is 0.462 e. The molecule has 0 radical (unpaired) electrons. The highest BCUT2D eigenvalue weighted by Gasteiger charge is 2.41. The van der Waals surface area contributed by atoms with E-state index in [1.165, 1.54) is 19.3 Å². The first-order chi connectivity index (χ1) is 8.27. The molecule has 0 bridgehead atoms. The monoisotopic (exact) mass is 241 g/mol. The van der Waals surface area contributed by atoms with Gasteiger partial charge in [-0.1, -0.05) is 6.42 Å². The fourth-order valence-electron chi connectivity index (χ4n) is 2.71. The van der Waals surface area contributed by atoms with E-state index < -0.39 is 5.41 Å². The molecule has 98 valence electrons. The lowest BCUT2D eigenvalue weighted by atomic mass is 9.80. The predicted octanol–water partition coefficient (Wildman–Crippen LogP) is 1.62. The Kier molecular flexibility index (Phi) is 4.40. The maximum atomic E-state index is 12.3. The Balaban J connectivity index is 1.91. The predicted molar refractivity (Wildman–Crippen MR) is 64.5 cm³/mol. The van der Waals surface area contributed by atoms with Crippen molar-refractivity contribution in [2.45, 2.75) is 51.0 Å². The van der Waals surface area contributed by atoms with Gasteiger partial charge in [-0.2, -0.15) is 0 Å². The first-order valence-electron chi connectivity index (χ1n) is 6.76. The molecule has 17 heavy (non-hydrogen) atoms. The van der Waals surface area contributed by atoms with Crippen LogP contribution < -0.4 is 5.73 Å². The van der Waals surface area contributed by atoms with Crippen LogP contribution in [0.25, 0.3) is 0 Å². The third-order valence-electron chi connectivity index (χ3n) is 4.10. The Morgan fingerprint density at radius 2 is 1.88 bits per heavy atom. The molecule has 0 unspecified atom stereocenters. The molecule has 0 aromatic carbocycles. The minimum absolute atomic E-state index is 0.0878. The lowest BCUT2D eigenvalue weighted by Gasteiger charge is -2.35. The van der Waals surface area contributed by atoms with Gasteiger partial charge in [0.05, 0.1) is 5.41 Å². The maximum absolute atomic E-state index is 12.3.